The van der Waals surface area contributed by atoms with Gasteiger partial charge < -0.3 is 9.67 Å². The first-order chi connectivity index (χ1) is 8.58. The molecule has 94 valence electrons. The number of carboxylic acid groups (broad SMARTS) is 1. The van der Waals surface area contributed by atoms with E-state index in [1.54, 1.807) is 10.8 Å². The topological polar surface area (TPSA) is 80.9 Å². The molecule has 18 heavy (non-hydrogen) atoms. The summed E-state index contributed by atoms with van der Waals surface area (Å²) in [6.07, 6.45) is 1.71. The summed E-state index contributed by atoms with van der Waals surface area (Å²) < 4.78 is 1.78. The summed E-state index contributed by atoms with van der Waals surface area (Å²) in [5, 5.41) is 17.3. The first kappa shape index (κ1) is 12.6. The molecule has 0 spiro atoms. The number of aryl methyl sites for hydroxylation is 1. The standard InChI is InChI=1S/C11H12N4O2S/c1-7-5-8(3-4-12-7)10-13-14-11(15(10)2)18-6-9(16)17/h3-5H,6H2,1-2H3,(H,16,17). The van der Waals surface area contributed by atoms with Crippen LogP contribution in [0.15, 0.2) is 23.5 Å². The number of carbonyl (C=O) groups is 1. The third kappa shape index (κ3) is 2.67. The van der Waals surface area contributed by atoms with Gasteiger partial charge in [-0.15, -0.1) is 10.2 Å². The molecule has 7 heteroatoms. The van der Waals surface area contributed by atoms with Gasteiger partial charge in [0, 0.05) is 24.5 Å². The zero-order valence-corrected chi connectivity index (χ0v) is 10.8. The van der Waals surface area contributed by atoms with Crippen LogP contribution in [0, 0.1) is 6.92 Å². The van der Waals surface area contributed by atoms with E-state index in [2.05, 4.69) is 15.2 Å². The minimum absolute atomic E-state index is 0.0264. The van der Waals surface area contributed by atoms with Gasteiger partial charge in [-0.3, -0.25) is 9.78 Å². The maximum Gasteiger partial charge on any atom is 0.313 e. The van der Waals surface area contributed by atoms with Gasteiger partial charge >= 0.3 is 5.97 Å². The van der Waals surface area contributed by atoms with Gasteiger partial charge in [-0.2, -0.15) is 0 Å². The lowest BCUT2D eigenvalue weighted by atomic mass is 10.2. The normalized spacial score (nSPS) is 10.6. The zero-order chi connectivity index (χ0) is 13.1. The Morgan fingerprint density at radius 3 is 2.94 bits per heavy atom. The van der Waals surface area contributed by atoms with Crippen LogP contribution in [0.25, 0.3) is 11.4 Å². The average molecular weight is 264 g/mol. The molecule has 2 heterocycles. The average Bonchev–Trinajstić information content (AvgIpc) is 2.68. The molecule has 6 nitrogen and oxygen atoms in total. The number of hydrogen-bond acceptors (Lipinski definition) is 5. The number of thioether (sulfide) groups is 1. The summed E-state index contributed by atoms with van der Waals surface area (Å²) >= 11 is 1.15. The highest BCUT2D eigenvalue weighted by Crippen LogP contribution is 2.22. The monoisotopic (exact) mass is 264 g/mol. The van der Waals surface area contributed by atoms with Crippen molar-refractivity contribution >= 4 is 17.7 Å². The maximum absolute atomic E-state index is 10.5. The van der Waals surface area contributed by atoms with Crippen LogP contribution < -0.4 is 0 Å². The molecule has 0 unspecified atom stereocenters. The molecule has 0 aliphatic carbocycles. The molecule has 2 aromatic heterocycles. The van der Waals surface area contributed by atoms with E-state index < -0.39 is 5.97 Å². The fourth-order valence-electron chi connectivity index (χ4n) is 1.50. The number of nitrogens with zero attached hydrogens (tertiary/aromatic N) is 4. The Morgan fingerprint density at radius 1 is 1.50 bits per heavy atom. The number of hydrogen-bond donors (Lipinski definition) is 1. The number of carboxylic acids is 1. The smallest absolute Gasteiger partial charge is 0.313 e. The molecule has 0 bridgehead atoms. The molecule has 2 aromatic rings. The van der Waals surface area contributed by atoms with Gasteiger partial charge in [-0.05, 0) is 19.1 Å². The largest absolute Gasteiger partial charge is 0.481 e. The van der Waals surface area contributed by atoms with E-state index in [0.29, 0.717) is 11.0 Å². The van der Waals surface area contributed by atoms with E-state index in [9.17, 15) is 4.79 Å². The van der Waals surface area contributed by atoms with Crippen molar-refractivity contribution in [2.24, 2.45) is 7.05 Å². The van der Waals surface area contributed by atoms with E-state index in [4.69, 9.17) is 5.11 Å². The van der Waals surface area contributed by atoms with E-state index in [1.807, 2.05) is 26.1 Å². The van der Waals surface area contributed by atoms with Crippen molar-refractivity contribution in [1.29, 1.82) is 0 Å². The summed E-state index contributed by atoms with van der Waals surface area (Å²) in [6, 6.07) is 3.76. The number of aromatic nitrogens is 4. The van der Waals surface area contributed by atoms with Crippen LogP contribution in [-0.2, 0) is 11.8 Å². The maximum atomic E-state index is 10.5. The summed E-state index contributed by atoms with van der Waals surface area (Å²) in [5.41, 5.74) is 1.81. The van der Waals surface area contributed by atoms with Crippen molar-refractivity contribution in [2.75, 3.05) is 5.75 Å². The molecule has 0 fully saturated rings. The molecule has 0 amide bonds. The van der Waals surface area contributed by atoms with Gasteiger partial charge in [0.15, 0.2) is 11.0 Å². The second-order valence-corrected chi connectivity index (χ2v) is 4.68. The molecule has 0 saturated carbocycles. The fourth-order valence-corrected chi connectivity index (χ4v) is 2.13. The number of rotatable bonds is 4. The van der Waals surface area contributed by atoms with Gasteiger partial charge in [0.05, 0.1) is 5.75 Å². The molecular weight excluding hydrogens is 252 g/mol. The third-order valence-corrected chi connectivity index (χ3v) is 3.32. The number of pyridine rings is 1. The highest BCUT2D eigenvalue weighted by atomic mass is 32.2. The Kier molecular flexibility index (Phi) is 3.61. The molecule has 0 saturated heterocycles. The SMILES string of the molecule is Cc1cc(-c2nnc(SCC(=O)O)n2C)ccn1. The Labute approximate surface area is 108 Å². The van der Waals surface area contributed by atoms with Crippen molar-refractivity contribution in [2.45, 2.75) is 12.1 Å². The first-order valence-electron chi connectivity index (χ1n) is 5.25. The molecule has 2 rings (SSSR count). The Morgan fingerprint density at radius 2 is 2.28 bits per heavy atom. The van der Waals surface area contributed by atoms with Crippen LogP contribution in [0.4, 0.5) is 0 Å². The van der Waals surface area contributed by atoms with Crippen molar-refractivity contribution < 1.29 is 9.90 Å². The lowest BCUT2D eigenvalue weighted by molar-refractivity contribution is -0.133. The molecule has 0 radical (unpaired) electrons. The minimum atomic E-state index is -0.871. The second-order valence-electron chi connectivity index (χ2n) is 3.73. The van der Waals surface area contributed by atoms with Crippen molar-refractivity contribution in [1.82, 2.24) is 19.7 Å². The quantitative estimate of drug-likeness (QED) is 0.840. The van der Waals surface area contributed by atoms with Gasteiger partial charge in [0.1, 0.15) is 0 Å². The van der Waals surface area contributed by atoms with Gasteiger partial charge in [-0.1, -0.05) is 11.8 Å². The van der Waals surface area contributed by atoms with Crippen molar-refractivity contribution in [3.8, 4) is 11.4 Å². The molecule has 1 N–H and O–H groups in total. The van der Waals surface area contributed by atoms with E-state index in [-0.39, 0.29) is 5.75 Å². The Bertz CT molecular complexity index is 582. The summed E-state index contributed by atoms with van der Waals surface area (Å²) in [6.45, 7) is 1.90. The zero-order valence-electron chi connectivity index (χ0n) is 9.99. The Balaban J connectivity index is 2.28. The second kappa shape index (κ2) is 5.18. The van der Waals surface area contributed by atoms with Crippen LogP contribution >= 0.6 is 11.8 Å². The molecular formula is C11H12N4O2S. The van der Waals surface area contributed by atoms with Crippen LogP contribution in [0.5, 0.6) is 0 Å². The lowest BCUT2D eigenvalue weighted by Crippen LogP contribution is -2.01. The van der Waals surface area contributed by atoms with E-state index >= 15 is 0 Å². The summed E-state index contributed by atoms with van der Waals surface area (Å²) in [5.74, 6) is -0.195. The van der Waals surface area contributed by atoms with Crippen LogP contribution in [0.2, 0.25) is 0 Å². The molecule has 0 aliphatic heterocycles. The van der Waals surface area contributed by atoms with Crippen LogP contribution in [0.3, 0.4) is 0 Å². The van der Waals surface area contributed by atoms with Crippen LogP contribution in [-0.4, -0.2) is 36.6 Å². The third-order valence-electron chi connectivity index (χ3n) is 2.31. The molecule has 0 aromatic carbocycles. The molecule has 0 atom stereocenters. The molecule has 0 aliphatic rings. The number of aliphatic carboxylic acids is 1. The van der Waals surface area contributed by atoms with E-state index in [1.165, 1.54) is 0 Å². The first-order valence-corrected chi connectivity index (χ1v) is 6.23. The summed E-state index contributed by atoms with van der Waals surface area (Å²) in [7, 11) is 1.81. The predicted octanol–water partition coefficient (Wildman–Crippen LogP) is 1.36. The van der Waals surface area contributed by atoms with Gasteiger partial charge in [0.25, 0.3) is 0 Å². The Hall–Kier alpha value is -1.89. The predicted molar refractivity (Wildman–Crippen MR) is 67.3 cm³/mol. The van der Waals surface area contributed by atoms with Gasteiger partial charge in [0.2, 0.25) is 0 Å². The van der Waals surface area contributed by atoms with Crippen molar-refractivity contribution in [3.63, 3.8) is 0 Å². The highest BCUT2D eigenvalue weighted by molar-refractivity contribution is 7.99. The summed E-state index contributed by atoms with van der Waals surface area (Å²) in [4.78, 5) is 14.6. The lowest BCUT2D eigenvalue weighted by Gasteiger charge is -2.03. The van der Waals surface area contributed by atoms with Crippen LogP contribution in [0.1, 0.15) is 5.69 Å². The minimum Gasteiger partial charge on any atom is -0.481 e. The van der Waals surface area contributed by atoms with E-state index in [0.717, 1.165) is 23.0 Å². The van der Waals surface area contributed by atoms with Crippen molar-refractivity contribution in [3.05, 3.63) is 24.0 Å². The van der Waals surface area contributed by atoms with Gasteiger partial charge in [-0.25, -0.2) is 0 Å². The highest BCUT2D eigenvalue weighted by Gasteiger charge is 2.12. The fraction of sp³-hybridized carbons (Fsp3) is 0.273.